The molecule has 4 rings (SSSR count). The Morgan fingerprint density at radius 1 is 1.26 bits per heavy atom. The van der Waals surface area contributed by atoms with E-state index in [1.807, 2.05) is 6.07 Å². The van der Waals surface area contributed by atoms with Crippen LogP contribution in [-0.2, 0) is 6.54 Å². The lowest BCUT2D eigenvalue weighted by Gasteiger charge is -2.24. The van der Waals surface area contributed by atoms with Crippen LogP contribution < -0.4 is 19.9 Å². The molecule has 0 saturated heterocycles. The summed E-state index contributed by atoms with van der Waals surface area (Å²) in [6, 6.07) is 12.2. The minimum Gasteiger partial charge on any atom is -0.506 e. The van der Waals surface area contributed by atoms with Gasteiger partial charge in [-0.2, -0.15) is 0 Å². The number of aromatic nitrogens is 1. The fraction of sp³-hybridized carbons (Fsp3) is 0.200. The molecule has 0 atom stereocenters. The van der Waals surface area contributed by atoms with Crippen LogP contribution in [0.2, 0.25) is 0 Å². The van der Waals surface area contributed by atoms with Gasteiger partial charge in [0.25, 0.3) is 11.5 Å². The number of nitrogens with zero attached hydrogens (tertiary/aromatic N) is 2. The second-order valence-corrected chi connectivity index (χ2v) is 6.25. The number of ether oxygens (including phenoxy) is 2. The minimum absolute atomic E-state index is 0.269. The second kappa shape index (κ2) is 6.35. The van der Waals surface area contributed by atoms with Crippen LogP contribution in [0.3, 0.4) is 0 Å². The summed E-state index contributed by atoms with van der Waals surface area (Å²) in [5, 5.41) is 11.2. The molecule has 1 N–H and O–H groups in total. The van der Waals surface area contributed by atoms with Gasteiger partial charge in [-0.3, -0.25) is 9.59 Å². The summed E-state index contributed by atoms with van der Waals surface area (Å²) >= 11 is 0. The molecule has 7 nitrogen and oxygen atoms in total. The first-order valence-corrected chi connectivity index (χ1v) is 8.46. The fourth-order valence-corrected chi connectivity index (χ4v) is 3.33. The maximum Gasteiger partial charge on any atom is 0.267 e. The third-order valence-corrected chi connectivity index (χ3v) is 4.74. The van der Waals surface area contributed by atoms with Gasteiger partial charge >= 0.3 is 0 Å². The number of rotatable bonds is 3. The molecule has 0 aliphatic carbocycles. The van der Waals surface area contributed by atoms with Crippen molar-refractivity contribution in [3.8, 4) is 17.2 Å². The van der Waals surface area contributed by atoms with Crippen molar-refractivity contribution in [3.05, 3.63) is 58.4 Å². The number of hydrogen-bond donors (Lipinski definition) is 1. The number of carbonyl (C=O) groups is 1. The Kier molecular flexibility index (Phi) is 3.99. The lowest BCUT2D eigenvalue weighted by Crippen LogP contribution is -2.36. The quantitative estimate of drug-likeness (QED) is 0.770. The number of benzene rings is 2. The molecule has 0 spiro atoms. The van der Waals surface area contributed by atoms with Gasteiger partial charge in [0.1, 0.15) is 29.4 Å². The Labute approximate surface area is 155 Å². The van der Waals surface area contributed by atoms with Crippen LogP contribution in [0.15, 0.2) is 47.3 Å². The van der Waals surface area contributed by atoms with Gasteiger partial charge in [-0.15, -0.1) is 0 Å². The van der Waals surface area contributed by atoms with Gasteiger partial charge < -0.3 is 24.0 Å². The third kappa shape index (κ3) is 2.59. The normalized spacial score (nSPS) is 12.5. The summed E-state index contributed by atoms with van der Waals surface area (Å²) in [7, 11) is 3.07. The highest BCUT2D eigenvalue weighted by Gasteiger charge is 2.28. The molecular formula is C20H18N2O5. The first-order chi connectivity index (χ1) is 13.0. The standard InChI is InChI=1S/C20H18N2O5/c1-21(12-6-4-3-5-7-12)19(24)16-18(23)14-10-13(26-2)11-15-17(14)22(20(16)25)8-9-27-15/h3-7,10-11,23H,8-9H2,1-2H3. The molecule has 1 aliphatic heterocycles. The Bertz CT molecular complexity index is 1110. The van der Waals surface area contributed by atoms with E-state index in [0.717, 1.165) is 0 Å². The van der Waals surface area contributed by atoms with E-state index in [1.165, 1.54) is 16.6 Å². The van der Waals surface area contributed by atoms with Crippen LogP contribution >= 0.6 is 0 Å². The largest absolute Gasteiger partial charge is 0.506 e. The predicted molar refractivity (Wildman–Crippen MR) is 101 cm³/mol. The van der Waals surface area contributed by atoms with E-state index in [2.05, 4.69) is 0 Å². The van der Waals surface area contributed by atoms with Gasteiger partial charge in [0.2, 0.25) is 0 Å². The van der Waals surface area contributed by atoms with Crippen LogP contribution in [0.5, 0.6) is 17.2 Å². The molecule has 138 valence electrons. The van der Waals surface area contributed by atoms with Crippen molar-refractivity contribution in [1.29, 1.82) is 0 Å². The average molecular weight is 366 g/mol. The summed E-state index contributed by atoms with van der Waals surface area (Å²) < 4.78 is 12.3. The lowest BCUT2D eigenvalue weighted by atomic mass is 10.1. The number of hydrogen-bond acceptors (Lipinski definition) is 5. The highest BCUT2D eigenvalue weighted by Crippen LogP contribution is 2.38. The molecule has 1 aliphatic rings. The molecule has 0 radical (unpaired) electrons. The van der Waals surface area contributed by atoms with E-state index in [9.17, 15) is 14.7 Å². The number of carbonyl (C=O) groups excluding carboxylic acids is 1. The predicted octanol–water partition coefficient (Wildman–Crippen LogP) is 2.38. The molecule has 2 heterocycles. The number of anilines is 1. The number of aromatic hydroxyl groups is 1. The number of methoxy groups -OCH3 is 1. The first kappa shape index (κ1) is 17.0. The first-order valence-electron chi connectivity index (χ1n) is 8.46. The van der Waals surface area contributed by atoms with Gasteiger partial charge in [0.15, 0.2) is 0 Å². The topological polar surface area (TPSA) is 81.0 Å². The van der Waals surface area contributed by atoms with Gasteiger partial charge in [-0.1, -0.05) is 18.2 Å². The summed E-state index contributed by atoms with van der Waals surface area (Å²) in [5.41, 5.74) is 0.274. The van der Waals surface area contributed by atoms with E-state index in [4.69, 9.17) is 9.47 Å². The summed E-state index contributed by atoms with van der Waals surface area (Å²) in [6.45, 7) is 0.590. The summed E-state index contributed by atoms with van der Waals surface area (Å²) in [6.07, 6.45) is 0. The highest BCUT2D eigenvalue weighted by molar-refractivity contribution is 6.10. The molecule has 2 aromatic carbocycles. The fourth-order valence-electron chi connectivity index (χ4n) is 3.33. The zero-order valence-electron chi connectivity index (χ0n) is 14.9. The number of para-hydroxylation sites is 1. The number of amides is 1. The van der Waals surface area contributed by atoms with E-state index in [-0.39, 0.29) is 11.3 Å². The van der Waals surface area contributed by atoms with Crippen LogP contribution in [0.25, 0.3) is 10.9 Å². The molecule has 0 fully saturated rings. The lowest BCUT2D eigenvalue weighted by molar-refractivity contribution is 0.0988. The summed E-state index contributed by atoms with van der Waals surface area (Å²) in [5.74, 6) is -0.0389. The van der Waals surface area contributed by atoms with Gasteiger partial charge in [0, 0.05) is 24.2 Å². The monoisotopic (exact) mass is 366 g/mol. The molecule has 0 unspecified atom stereocenters. The molecule has 3 aromatic rings. The molecule has 27 heavy (non-hydrogen) atoms. The van der Waals surface area contributed by atoms with E-state index < -0.39 is 11.5 Å². The second-order valence-electron chi connectivity index (χ2n) is 6.25. The minimum atomic E-state index is -0.579. The van der Waals surface area contributed by atoms with Gasteiger partial charge in [-0.25, -0.2) is 0 Å². The molecule has 1 amide bonds. The Morgan fingerprint density at radius 3 is 2.70 bits per heavy atom. The van der Waals surface area contributed by atoms with Crippen molar-refractivity contribution in [2.75, 3.05) is 25.7 Å². The van der Waals surface area contributed by atoms with Crippen molar-refractivity contribution in [3.63, 3.8) is 0 Å². The maximum absolute atomic E-state index is 13.0. The van der Waals surface area contributed by atoms with Gasteiger partial charge in [-0.05, 0) is 18.2 Å². The molecule has 0 saturated carbocycles. The van der Waals surface area contributed by atoms with Crippen LogP contribution in [0, 0.1) is 0 Å². The average Bonchev–Trinajstić information content (AvgIpc) is 2.71. The Hall–Kier alpha value is -3.48. The van der Waals surface area contributed by atoms with Crippen molar-refractivity contribution >= 4 is 22.5 Å². The summed E-state index contributed by atoms with van der Waals surface area (Å²) in [4.78, 5) is 27.4. The highest BCUT2D eigenvalue weighted by atomic mass is 16.5. The van der Waals surface area contributed by atoms with Crippen LogP contribution in [0.1, 0.15) is 10.4 Å². The van der Waals surface area contributed by atoms with E-state index in [0.29, 0.717) is 41.2 Å². The van der Waals surface area contributed by atoms with Crippen molar-refractivity contribution < 1.29 is 19.4 Å². The molecule has 1 aromatic heterocycles. The molecule has 7 heteroatoms. The van der Waals surface area contributed by atoms with Crippen LogP contribution in [-0.4, -0.2) is 36.3 Å². The van der Waals surface area contributed by atoms with Crippen molar-refractivity contribution in [2.45, 2.75) is 6.54 Å². The zero-order chi connectivity index (χ0) is 19.1. The van der Waals surface area contributed by atoms with Crippen molar-refractivity contribution in [1.82, 2.24) is 4.57 Å². The smallest absolute Gasteiger partial charge is 0.267 e. The van der Waals surface area contributed by atoms with Crippen LogP contribution in [0.4, 0.5) is 5.69 Å². The van der Waals surface area contributed by atoms with Crippen molar-refractivity contribution in [2.24, 2.45) is 0 Å². The third-order valence-electron chi connectivity index (χ3n) is 4.74. The maximum atomic E-state index is 13.0. The zero-order valence-corrected chi connectivity index (χ0v) is 14.9. The molecule has 0 bridgehead atoms. The van der Waals surface area contributed by atoms with E-state index >= 15 is 0 Å². The Morgan fingerprint density at radius 2 is 2.00 bits per heavy atom. The number of pyridine rings is 1. The van der Waals surface area contributed by atoms with Gasteiger partial charge in [0.05, 0.1) is 19.2 Å². The van der Waals surface area contributed by atoms with E-state index in [1.54, 1.807) is 43.4 Å². The SMILES string of the molecule is COc1cc2c3c(c1)c(O)c(C(=O)N(C)c1ccccc1)c(=O)n3CCO2. The molecular weight excluding hydrogens is 348 g/mol. The Balaban J connectivity index is 1.97.